The zero-order chi connectivity index (χ0) is 22.5. The summed E-state index contributed by atoms with van der Waals surface area (Å²) in [6.07, 6.45) is 11.0. The Morgan fingerprint density at radius 2 is 1.82 bits per heavy atom. The number of nitrogens with zero attached hydrogens (tertiary/aromatic N) is 4. The first-order valence-electron chi connectivity index (χ1n) is 10.7. The first-order valence-corrected chi connectivity index (χ1v) is 10.7. The normalized spacial score (nSPS) is 12.0. The molecule has 0 atom stereocenters. The Labute approximate surface area is 191 Å². The second-order valence-electron chi connectivity index (χ2n) is 7.65. The van der Waals surface area contributed by atoms with Gasteiger partial charge in [-0.3, -0.25) is 9.78 Å². The molecule has 0 unspecified atom stereocenters. The largest absolute Gasteiger partial charge is 0.492 e. The molecule has 0 saturated heterocycles. The van der Waals surface area contributed by atoms with E-state index in [4.69, 9.17) is 4.74 Å². The highest BCUT2D eigenvalue weighted by Crippen LogP contribution is 2.39. The van der Waals surface area contributed by atoms with Crippen LogP contribution in [-0.2, 0) is 19.5 Å². The monoisotopic (exact) mass is 438 g/mol. The van der Waals surface area contributed by atoms with Gasteiger partial charge < -0.3 is 15.4 Å². The Kier molecular flexibility index (Phi) is 5.88. The van der Waals surface area contributed by atoms with Crippen molar-refractivity contribution in [2.45, 2.75) is 19.5 Å². The molecule has 0 fully saturated rings. The number of carbonyl (C=O) groups excluding carboxylic acids is 1. The SMILES string of the molecule is O=C(NCc1cncnc1)c1cccc(CNc2ncc(-c3ccncc3)c3c2CCO3)c1. The summed E-state index contributed by atoms with van der Waals surface area (Å²) >= 11 is 0. The molecule has 1 amide bonds. The maximum atomic E-state index is 12.6. The third kappa shape index (κ3) is 4.64. The minimum absolute atomic E-state index is 0.144. The lowest BCUT2D eigenvalue weighted by atomic mass is 10.0. The molecule has 164 valence electrons. The topological polar surface area (TPSA) is 102 Å². The summed E-state index contributed by atoms with van der Waals surface area (Å²) in [5.74, 6) is 1.53. The van der Waals surface area contributed by atoms with Gasteiger partial charge in [-0.15, -0.1) is 0 Å². The van der Waals surface area contributed by atoms with Crippen LogP contribution in [0, 0.1) is 0 Å². The van der Waals surface area contributed by atoms with E-state index in [1.807, 2.05) is 36.5 Å². The van der Waals surface area contributed by atoms with Gasteiger partial charge in [0, 0.05) is 72.7 Å². The zero-order valence-corrected chi connectivity index (χ0v) is 17.9. The van der Waals surface area contributed by atoms with Gasteiger partial charge >= 0.3 is 0 Å². The van der Waals surface area contributed by atoms with Crippen LogP contribution in [-0.4, -0.2) is 32.4 Å². The van der Waals surface area contributed by atoms with Crippen molar-refractivity contribution < 1.29 is 9.53 Å². The van der Waals surface area contributed by atoms with Crippen molar-refractivity contribution in [3.8, 4) is 16.9 Å². The molecule has 5 rings (SSSR count). The van der Waals surface area contributed by atoms with Crippen LogP contribution in [0.15, 0.2) is 73.7 Å². The summed E-state index contributed by atoms with van der Waals surface area (Å²) in [4.78, 5) is 29.2. The predicted molar refractivity (Wildman–Crippen MR) is 124 cm³/mol. The smallest absolute Gasteiger partial charge is 0.251 e. The van der Waals surface area contributed by atoms with Crippen LogP contribution in [0.25, 0.3) is 11.1 Å². The molecule has 8 nitrogen and oxygen atoms in total. The average molecular weight is 438 g/mol. The fourth-order valence-corrected chi connectivity index (χ4v) is 3.79. The van der Waals surface area contributed by atoms with Crippen molar-refractivity contribution in [1.82, 2.24) is 25.3 Å². The predicted octanol–water partition coefficient (Wildman–Crippen LogP) is 3.41. The lowest BCUT2D eigenvalue weighted by Gasteiger charge is -2.13. The van der Waals surface area contributed by atoms with Crippen molar-refractivity contribution in [1.29, 1.82) is 0 Å². The van der Waals surface area contributed by atoms with Crippen molar-refractivity contribution in [3.63, 3.8) is 0 Å². The van der Waals surface area contributed by atoms with E-state index in [-0.39, 0.29) is 5.91 Å². The maximum absolute atomic E-state index is 12.6. The molecule has 2 N–H and O–H groups in total. The Hall–Kier alpha value is -4.33. The molecule has 0 aliphatic carbocycles. The van der Waals surface area contributed by atoms with Crippen molar-refractivity contribution in [2.24, 2.45) is 0 Å². The Balaban J connectivity index is 1.27. The van der Waals surface area contributed by atoms with Gasteiger partial charge in [0.1, 0.15) is 17.9 Å². The van der Waals surface area contributed by atoms with E-state index < -0.39 is 0 Å². The van der Waals surface area contributed by atoms with Gasteiger partial charge in [0.15, 0.2) is 0 Å². The van der Waals surface area contributed by atoms with Gasteiger partial charge in [-0.25, -0.2) is 15.0 Å². The molecule has 0 bridgehead atoms. The van der Waals surface area contributed by atoms with Crippen molar-refractivity contribution in [3.05, 3.63) is 96.0 Å². The van der Waals surface area contributed by atoms with Gasteiger partial charge in [0.05, 0.1) is 6.61 Å². The highest BCUT2D eigenvalue weighted by atomic mass is 16.5. The van der Waals surface area contributed by atoms with Gasteiger partial charge in [-0.05, 0) is 35.4 Å². The molecule has 0 radical (unpaired) electrons. The molecule has 1 aliphatic heterocycles. The van der Waals surface area contributed by atoms with Crippen LogP contribution in [0.2, 0.25) is 0 Å². The number of pyridine rings is 2. The average Bonchev–Trinajstić information content (AvgIpc) is 3.37. The molecule has 1 aromatic carbocycles. The molecule has 4 heterocycles. The number of ether oxygens (including phenoxy) is 1. The van der Waals surface area contributed by atoms with Crippen LogP contribution in [0.4, 0.5) is 5.82 Å². The minimum Gasteiger partial charge on any atom is -0.492 e. The van der Waals surface area contributed by atoms with E-state index in [2.05, 4.69) is 30.6 Å². The number of fused-ring (bicyclic) bond motifs is 1. The van der Waals surface area contributed by atoms with Crippen LogP contribution in [0.5, 0.6) is 5.75 Å². The number of hydrogen-bond acceptors (Lipinski definition) is 7. The van der Waals surface area contributed by atoms with E-state index in [1.165, 1.54) is 6.33 Å². The summed E-state index contributed by atoms with van der Waals surface area (Å²) in [6, 6.07) is 11.4. The number of benzene rings is 1. The Bertz CT molecular complexity index is 1260. The number of aromatic nitrogens is 4. The summed E-state index contributed by atoms with van der Waals surface area (Å²) < 4.78 is 5.93. The molecule has 0 saturated carbocycles. The number of hydrogen-bond donors (Lipinski definition) is 2. The number of anilines is 1. The molecule has 4 aromatic rings. The van der Waals surface area contributed by atoms with E-state index >= 15 is 0 Å². The van der Waals surface area contributed by atoms with Gasteiger partial charge in [-0.2, -0.15) is 0 Å². The number of amides is 1. The third-order valence-corrected chi connectivity index (χ3v) is 5.43. The highest BCUT2D eigenvalue weighted by molar-refractivity contribution is 5.94. The fraction of sp³-hybridized carbons (Fsp3) is 0.160. The third-order valence-electron chi connectivity index (χ3n) is 5.43. The van der Waals surface area contributed by atoms with E-state index in [0.717, 1.165) is 45.8 Å². The Morgan fingerprint density at radius 3 is 2.67 bits per heavy atom. The molecule has 3 aromatic heterocycles. The first kappa shape index (κ1) is 20.6. The molecule has 0 spiro atoms. The fourth-order valence-electron chi connectivity index (χ4n) is 3.79. The van der Waals surface area contributed by atoms with Gasteiger partial charge in [-0.1, -0.05) is 12.1 Å². The van der Waals surface area contributed by atoms with Crippen LogP contribution in [0.3, 0.4) is 0 Å². The summed E-state index contributed by atoms with van der Waals surface area (Å²) in [7, 11) is 0. The van der Waals surface area contributed by atoms with Crippen molar-refractivity contribution in [2.75, 3.05) is 11.9 Å². The maximum Gasteiger partial charge on any atom is 0.251 e. The molecular formula is C25H22N6O2. The van der Waals surface area contributed by atoms with Crippen LogP contribution >= 0.6 is 0 Å². The highest BCUT2D eigenvalue weighted by Gasteiger charge is 2.22. The van der Waals surface area contributed by atoms with E-state index in [9.17, 15) is 4.79 Å². The quantitative estimate of drug-likeness (QED) is 0.456. The summed E-state index contributed by atoms with van der Waals surface area (Å²) in [5.41, 5.74) is 5.50. The zero-order valence-electron chi connectivity index (χ0n) is 17.9. The van der Waals surface area contributed by atoms with Gasteiger partial charge in [0.25, 0.3) is 5.91 Å². The standard InChI is InChI=1S/C25H22N6O2/c32-25(31-14-18-11-27-16-28-12-18)20-3-1-2-17(10-20)13-29-24-21-6-9-33-23(21)22(15-30-24)19-4-7-26-8-5-19/h1-5,7-8,10-12,15-16H,6,9,13-14H2,(H,29,30)(H,31,32). The number of nitrogens with one attached hydrogen (secondary N) is 2. The second-order valence-corrected chi connectivity index (χ2v) is 7.65. The van der Waals surface area contributed by atoms with E-state index in [1.54, 1.807) is 30.9 Å². The molecular weight excluding hydrogens is 416 g/mol. The lowest BCUT2D eigenvalue weighted by molar-refractivity contribution is 0.0950. The Morgan fingerprint density at radius 1 is 0.970 bits per heavy atom. The van der Waals surface area contributed by atoms with Gasteiger partial charge in [0.2, 0.25) is 0 Å². The minimum atomic E-state index is -0.144. The van der Waals surface area contributed by atoms with E-state index in [0.29, 0.717) is 25.3 Å². The van der Waals surface area contributed by atoms with Crippen LogP contribution in [0.1, 0.15) is 27.0 Å². The number of carbonyl (C=O) groups is 1. The molecule has 33 heavy (non-hydrogen) atoms. The summed E-state index contributed by atoms with van der Waals surface area (Å²) in [6.45, 7) is 1.56. The second kappa shape index (κ2) is 9.44. The molecule has 8 heteroatoms. The van der Waals surface area contributed by atoms with Crippen molar-refractivity contribution >= 4 is 11.7 Å². The number of rotatable bonds is 7. The molecule has 1 aliphatic rings. The first-order chi connectivity index (χ1) is 16.3. The summed E-state index contributed by atoms with van der Waals surface area (Å²) in [5, 5.41) is 6.31. The lowest BCUT2D eigenvalue weighted by Crippen LogP contribution is -2.23. The van der Waals surface area contributed by atoms with Crippen LogP contribution < -0.4 is 15.4 Å².